The molecule has 1 aliphatic rings. The predicted molar refractivity (Wildman–Crippen MR) is 207 cm³/mol. The number of ether oxygens (including phenoxy) is 2. The second-order valence-corrected chi connectivity index (χ2v) is 16.9. The van der Waals surface area contributed by atoms with Crippen LogP contribution < -0.4 is 14.8 Å². The molecule has 286 valence electrons. The number of aromatic nitrogens is 5. The number of hydrogen-bond acceptors (Lipinski definition) is 10. The molecule has 0 bridgehead atoms. The monoisotopic (exact) mass is 755 g/mol. The Bertz CT molecular complexity index is 2260. The van der Waals surface area contributed by atoms with Crippen LogP contribution in [0.4, 0.5) is 5.95 Å². The summed E-state index contributed by atoms with van der Waals surface area (Å²) in [7, 11) is -2.23. The zero-order valence-electron chi connectivity index (χ0n) is 32.0. The quantitative estimate of drug-likeness (QED) is 0.128. The highest BCUT2D eigenvalue weighted by Crippen LogP contribution is 2.32. The number of benzene rings is 2. The molecule has 1 unspecified atom stereocenters. The van der Waals surface area contributed by atoms with Crippen LogP contribution in [-0.2, 0) is 27.2 Å². The third kappa shape index (κ3) is 8.56. The number of rotatable bonds is 11. The summed E-state index contributed by atoms with van der Waals surface area (Å²) < 4.78 is 44.5. The van der Waals surface area contributed by atoms with Crippen molar-refractivity contribution < 1.29 is 27.8 Å². The number of nitrogens with one attached hydrogen (secondary N) is 2. The average Bonchev–Trinajstić information content (AvgIpc) is 3.31. The number of aromatic carboxylic acids is 1. The fraction of sp³-hybridized carbons (Fsp3) is 0.425. The maximum atomic E-state index is 13.5. The molecule has 3 atom stereocenters. The molecule has 0 saturated carbocycles. The highest BCUT2D eigenvalue weighted by atomic mass is 32.2. The largest absolute Gasteiger partial charge is 0.478 e. The Morgan fingerprint density at radius 1 is 1.04 bits per heavy atom. The lowest BCUT2D eigenvalue weighted by molar-refractivity contribution is -0.0249. The second-order valence-electron chi connectivity index (χ2n) is 15.3. The number of aryl methyl sites for hydroxylation is 3. The van der Waals surface area contributed by atoms with Crippen molar-refractivity contribution in [2.45, 2.75) is 102 Å². The second kappa shape index (κ2) is 15.4. The fourth-order valence-electron chi connectivity index (χ4n) is 7.10. The topological polar surface area (TPSA) is 170 Å². The highest BCUT2D eigenvalue weighted by Gasteiger charge is 2.32. The lowest BCUT2D eigenvalue weighted by Gasteiger charge is -2.29. The van der Waals surface area contributed by atoms with Crippen molar-refractivity contribution in [3.63, 3.8) is 0 Å². The molecule has 1 aliphatic heterocycles. The van der Waals surface area contributed by atoms with Gasteiger partial charge in [-0.25, -0.2) is 32.9 Å². The maximum Gasteiger partial charge on any atom is 0.335 e. The number of anilines is 1. The van der Waals surface area contributed by atoms with Crippen LogP contribution in [0.3, 0.4) is 0 Å². The van der Waals surface area contributed by atoms with E-state index in [2.05, 4.69) is 51.4 Å². The summed E-state index contributed by atoms with van der Waals surface area (Å²) in [6.45, 7) is 14.6. The molecule has 0 aliphatic carbocycles. The van der Waals surface area contributed by atoms with Crippen LogP contribution in [0.25, 0.3) is 22.3 Å². The molecule has 6 rings (SSSR count). The zero-order chi connectivity index (χ0) is 38.9. The SMILES string of the molecule is Cc1cccc(C)c1-c1cc(OC[C@@H]2NC(c3ncc4cc(C(C)(C)C)n(C)c4n3)CCC[C@H]2OC(C)C)nc(NS(=O)(=O)c2cccc(C(=O)O)c2)n1. The fourth-order valence-corrected chi connectivity index (χ4v) is 8.09. The Morgan fingerprint density at radius 3 is 2.44 bits per heavy atom. The summed E-state index contributed by atoms with van der Waals surface area (Å²) in [4.78, 5) is 30.3. The van der Waals surface area contributed by atoms with Gasteiger partial charge < -0.3 is 19.1 Å². The molecule has 2 aromatic carbocycles. The van der Waals surface area contributed by atoms with Gasteiger partial charge in [0.1, 0.15) is 18.1 Å². The van der Waals surface area contributed by atoms with E-state index in [1.54, 1.807) is 6.07 Å². The number of carbonyl (C=O) groups is 1. The van der Waals surface area contributed by atoms with E-state index in [1.807, 2.05) is 59.1 Å². The predicted octanol–water partition coefficient (Wildman–Crippen LogP) is 6.89. The summed E-state index contributed by atoms with van der Waals surface area (Å²) in [5, 5.41) is 14.2. The molecule has 4 heterocycles. The first-order valence-corrected chi connectivity index (χ1v) is 19.7. The van der Waals surface area contributed by atoms with E-state index in [1.165, 1.54) is 23.9 Å². The van der Waals surface area contributed by atoms with Crippen molar-refractivity contribution in [2.75, 3.05) is 11.3 Å². The maximum absolute atomic E-state index is 13.5. The summed E-state index contributed by atoms with van der Waals surface area (Å²) >= 11 is 0. The van der Waals surface area contributed by atoms with Gasteiger partial charge in [-0.3, -0.25) is 5.32 Å². The lowest BCUT2D eigenvalue weighted by Crippen LogP contribution is -2.46. The third-order valence-electron chi connectivity index (χ3n) is 9.63. The van der Waals surface area contributed by atoms with Gasteiger partial charge in [-0.1, -0.05) is 45.0 Å². The minimum atomic E-state index is -4.27. The molecule has 1 saturated heterocycles. The van der Waals surface area contributed by atoms with Crippen molar-refractivity contribution in [1.82, 2.24) is 29.8 Å². The number of hydrogen-bond donors (Lipinski definition) is 3. The molecule has 0 amide bonds. The van der Waals surface area contributed by atoms with Crippen molar-refractivity contribution in [1.29, 1.82) is 0 Å². The van der Waals surface area contributed by atoms with Crippen molar-refractivity contribution in [3.8, 4) is 17.1 Å². The summed E-state index contributed by atoms with van der Waals surface area (Å²) in [5.41, 5.74) is 4.99. The summed E-state index contributed by atoms with van der Waals surface area (Å²) in [6, 6.07) is 14.3. The van der Waals surface area contributed by atoms with Crippen LogP contribution in [0.15, 0.2) is 65.7 Å². The Kier molecular flexibility index (Phi) is 11.1. The molecule has 13 nitrogen and oxygen atoms in total. The van der Waals surface area contributed by atoms with Gasteiger partial charge in [-0.2, -0.15) is 4.98 Å². The smallest absolute Gasteiger partial charge is 0.335 e. The van der Waals surface area contributed by atoms with Crippen molar-refractivity contribution >= 4 is 33.0 Å². The van der Waals surface area contributed by atoms with Gasteiger partial charge in [0.2, 0.25) is 11.8 Å². The number of fused-ring (bicyclic) bond motifs is 1. The van der Waals surface area contributed by atoms with Crippen LogP contribution in [0.2, 0.25) is 0 Å². The van der Waals surface area contributed by atoms with E-state index in [4.69, 9.17) is 19.4 Å². The van der Waals surface area contributed by atoms with Gasteiger partial charge in [0.25, 0.3) is 10.0 Å². The number of nitrogens with zero attached hydrogens (tertiary/aromatic N) is 5. The van der Waals surface area contributed by atoms with Crippen LogP contribution in [0.5, 0.6) is 5.88 Å². The molecular formula is C40H49N7O6S. The van der Waals surface area contributed by atoms with Gasteiger partial charge in [-0.15, -0.1) is 0 Å². The summed E-state index contributed by atoms with van der Waals surface area (Å²) in [5.74, 6) is -0.609. The molecule has 1 fully saturated rings. The van der Waals surface area contributed by atoms with Crippen LogP contribution in [0, 0.1) is 13.8 Å². The first-order valence-electron chi connectivity index (χ1n) is 18.2. The minimum Gasteiger partial charge on any atom is -0.478 e. The highest BCUT2D eigenvalue weighted by molar-refractivity contribution is 7.92. The van der Waals surface area contributed by atoms with E-state index >= 15 is 0 Å². The minimum absolute atomic E-state index is 0.0297. The van der Waals surface area contributed by atoms with Gasteiger partial charge >= 0.3 is 5.97 Å². The first kappa shape index (κ1) is 38.8. The van der Waals surface area contributed by atoms with E-state index in [9.17, 15) is 18.3 Å². The molecule has 14 heteroatoms. The molecule has 3 N–H and O–H groups in total. The normalized spacial score (nSPS) is 18.1. The zero-order valence-corrected chi connectivity index (χ0v) is 32.9. The number of sulfonamides is 1. The van der Waals surface area contributed by atoms with E-state index in [0.29, 0.717) is 11.5 Å². The van der Waals surface area contributed by atoms with Gasteiger partial charge in [-0.05, 0) is 82.3 Å². The Balaban J connectivity index is 1.33. The van der Waals surface area contributed by atoms with Crippen molar-refractivity contribution in [3.05, 3.63) is 89.0 Å². The molecular weight excluding hydrogens is 707 g/mol. The molecule has 5 aromatic rings. The van der Waals surface area contributed by atoms with Crippen LogP contribution in [0.1, 0.15) is 92.9 Å². The molecule has 0 radical (unpaired) electrons. The lowest BCUT2D eigenvalue weighted by atomic mass is 9.92. The number of carboxylic acids is 1. The number of carboxylic acid groups (broad SMARTS) is 1. The summed E-state index contributed by atoms with van der Waals surface area (Å²) in [6.07, 6.45) is 4.14. The third-order valence-corrected chi connectivity index (χ3v) is 11.0. The Hall–Kier alpha value is -4.92. The first-order chi connectivity index (χ1) is 25.5. The molecule has 54 heavy (non-hydrogen) atoms. The average molecular weight is 756 g/mol. The van der Waals surface area contributed by atoms with Gasteiger partial charge in [0.15, 0.2) is 0 Å². The Morgan fingerprint density at radius 2 is 1.76 bits per heavy atom. The van der Waals surface area contributed by atoms with Crippen molar-refractivity contribution in [2.24, 2.45) is 7.05 Å². The van der Waals surface area contributed by atoms with Crippen LogP contribution in [-0.4, -0.2) is 68.9 Å². The molecule has 0 spiro atoms. The van der Waals surface area contributed by atoms with Crippen LogP contribution >= 0.6 is 0 Å². The van der Waals surface area contributed by atoms with E-state index in [-0.39, 0.29) is 58.6 Å². The standard InChI is InChI=1S/C40H49N7O6S/c1-23(2)53-32-17-11-16-29(36-41-21-27-19-33(40(5,6)7)47(8)37(27)45-36)42-31(32)22-52-34-20-30(35-24(3)12-9-13-25(35)4)43-39(44-34)46-54(50,51)28-15-10-14-26(18-28)38(48)49/h9-10,12-15,18-21,23,29,31-32,42H,11,16-17,22H2,1-8H3,(H,48,49)(H,43,44,46)/t29?,31-,32+/m0/s1. The molecule has 3 aromatic heterocycles. The van der Waals surface area contributed by atoms with Gasteiger partial charge in [0, 0.05) is 41.4 Å². The Labute approximate surface area is 316 Å². The van der Waals surface area contributed by atoms with E-state index < -0.39 is 16.0 Å². The van der Waals surface area contributed by atoms with Gasteiger partial charge in [0.05, 0.1) is 40.4 Å². The van der Waals surface area contributed by atoms with E-state index in [0.717, 1.165) is 53.1 Å².